The Morgan fingerprint density at radius 3 is 2.89 bits per heavy atom. The van der Waals surface area contributed by atoms with Crippen LogP contribution in [-0.4, -0.2) is 56.5 Å². The number of piperidine rings is 1. The van der Waals surface area contributed by atoms with Crippen LogP contribution in [-0.2, 0) is 9.59 Å². The van der Waals surface area contributed by atoms with Crippen molar-refractivity contribution in [3.05, 3.63) is 24.3 Å². The summed E-state index contributed by atoms with van der Waals surface area (Å²) >= 11 is 0. The van der Waals surface area contributed by atoms with Crippen molar-refractivity contribution in [2.45, 2.75) is 32.6 Å². The minimum Gasteiger partial charge on any atom is -0.495 e. The molecule has 2 saturated heterocycles. The second-order valence-corrected chi connectivity index (χ2v) is 7.77. The number of benzene rings is 1. The van der Waals surface area contributed by atoms with E-state index in [1.807, 2.05) is 24.3 Å². The number of hydrogen-bond acceptors (Lipinski definition) is 4. The summed E-state index contributed by atoms with van der Waals surface area (Å²) in [5, 5.41) is 3.02. The lowest BCUT2D eigenvalue weighted by Gasteiger charge is -2.30. The first-order valence-electron chi connectivity index (χ1n) is 10.0. The second kappa shape index (κ2) is 9.22. The average Bonchev–Trinajstić information content (AvgIpc) is 3.06. The monoisotopic (exact) mass is 373 g/mol. The fourth-order valence-electron chi connectivity index (χ4n) is 4.12. The topological polar surface area (TPSA) is 61.9 Å². The molecule has 6 nitrogen and oxygen atoms in total. The molecule has 2 atom stereocenters. The molecule has 2 amide bonds. The quantitative estimate of drug-likeness (QED) is 0.745. The van der Waals surface area contributed by atoms with Crippen LogP contribution in [0.3, 0.4) is 0 Å². The van der Waals surface area contributed by atoms with Crippen LogP contribution >= 0.6 is 0 Å². The lowest BCUT2D eigenvalue weighted by atomic mass is 10.0. The summed E-state index contributed by atoms with van der Waals surface area (Å²) in [6.45, 7) is 6.75. The highest BCUT2D eigenvalue weighted by Crippen LogP contribution is 2.32. The second-order valence-electron chi connectivity index (χ2n) is 7.77. The Bertz CT molecular complexity index is 664. The van der Waals surface area contributed by atoms with Gasteiger partial charge in [-0.05, 0) is 50.4 Å². The molecule has 0 aromatic heterocycles. The van der Waals surface area contributed by atoms with E-state index in [0.717, 1.165) is 24.6 Å². The number of hydrogen-bond donors (Lipinski definition) is 1. The highest BCUT2D eigenvalue weighted by molar-refractivity contribution is 6.01. The standard InChI is InChI=1S/C21H31N3O3/c1-16-7-5-11-23(14-16)12-6-10-22-21(26)17-13-20(25)24(15-17)18-8-3-4-9-19(18)27-2/h3-4,8-9,16-17H,5-7,10-15H2,1-2H3,(H,22,26). The zero-order valence-corrected chi connectivity index (χ0v) is 16.4. The molecular formula is C21H31N3O3. The number of amides is 2. The van der Waals surface area contributed by atoms with Crippen LogP contribution in [0.25, 0.3) is 0 Å². The van der Waals surface area contributed by atoms with E-state index in [9.17, 15) is 9.59 Å². The molecule has 148 valence electrons. The third kappa shape index (κ3) is 5.01. The van der Waals surface area contributed by atoms with Gasteiger partial charge in [-0.3, -0.25) is 9.59 Å². The molecule has 2 aliphatic heterocycles. The van der Waals surface area contributed by atoms with Gasteiger partial charge in [-0.15, -0.1) is 0 Å². The average molecular weight is 373 g/mol. The van der Waals surface area contributed by atoms with Crippen LogP contribution in [0.4, 0.5) is 5.69 Å². The summed E-state index contributed by atoms with van der Waals surface area (Å²) in [7, 11) is 1.59. The lowest BCUT2D eigenvalue weighted by molar-refractivity contribution is -0.126. The largest absolute Gasteiger partial charge is 0.495 e. The van der Waals surface area contributed by atoms with Crippen molar-refractivity contribution in [3.8, 4) is 5.75 Å². The van der Waals surface area contributed by atoms with Gasteiger partial charge in [-0.2, -0.15) is 0 Å². The van der Waals surface area contributed by atoms with Crippen LogP contribution in [0.5, 0.6) is 5.75 Å². The minimum atomic E-state index is -0.294. The van der Waals surface area contributed by atoms with E-state index in [1.165, 1.54) is 25.9 Å². The van der Waals surface area contributed by atoms with Crippen molar-refractivity contribution < 1.29 is 14.3 Å². The maximum absolute atomic E-state index is 12.5. The first kappa shape index (κ1) is 19.7. The van der Waals surface area contributed by atoms with Gasteiger partial charge in [0.1, 0.15) is 5.75 Å². The Balaban J connectivity index is 1.45. The Kier molecular flexibility index (Phi) is 6.72. The number of methoxy groups -OCH3 is 1. The van der Waals surface area contributed by atoms with Crippen LogP contribution < -0.4 is 15.0 Å². The highest BCUT2D eigenvalue weighted by atomic mass is 16.5. The molecule has 2 unspecified atom stereocenters. The number of likely N-dealkylation sites (tertiary alicyclic amines) is 1. The normalized spacial score (nSPS) is 23.5. The Morgan fingerprint density at radius 1 is 1.30 bits per heavy atom. The number of nitrogens with zero attached hydrogens (tertiary/aromatic N) is 2. The fourth-order valence-corrected chi connectivity index (χ4v) is 4.12. The molecule has 1 N–H and O–H groups in total. The molecule has 2 fully saturated rings. The molecule has 3 rings (SSSR count). The van der Waals surface area contributed by atoms with Gasteiger partial charge in [0, 0.05) is 26.1 Å². The van der Waals surface area contributed by atoms with Gasteiger partial charge in [-0.1, -0.05) is 19.1 Å². The SMILES string of the molecule is COc1ccccc1N1CC(C(=O)NCCCN2CCCC(C)C2)CC1=O. The molecule has 6 heteroatoms. The number of carbonyl (C=O) groups excluding carboxylic acids is 2. The van der Waals surface area contributed by atoms with Crippen molar-refractivity contribution in [1.29, 1.82) is 0 Å². The number of carbonyl (C=O) groups is 2. The number of anilines is 1. The Labute approximate surface area is 161 Å². The van der Waals surface area contributed by atoms with Crippen molar-refractivity contribution in [3.63, 3.8) is 0 Å². The smallest absolute Gasteiger partial charge is 0.227 e. The van der Waals surface area contributed by atoms with Crippen LogP contribution in [0.2, 0.25) is 0 Å². The van der Waals surface area contributed by atoms with Crippen LogP contribution in [0.15, 0.2) is 24.3 Å². The zero-order chi connectivity index (χ0) is 19.2. The van der Waals surface area contributed by atoms with Gasteiger partial charge in [-0.25, -0.2) is 0 Å². The minimum absolute atomic E-state index is 0.0206. The summed E-state index contributed by atoms with van der Waals surface area (Å²) in [4.78, 5) is 29.1. The number of nitrogens with one attached hydrogen (secondary N) is 1. The van der Waals surface area contributed by atoms with E-state index in [2.05, 4.69) is 17.1 Å². The molecule has 1 aromatic rings. The number of ether oxygens (including phenoxy) is 1. The summed E-state index contributed by atoms with van der Waals surface area (Å²) in [5.74, 6) is 1.09. The van der Waals surface area contributed by atoms with E-state index in [0.29, 0.717) is 18.8 Å². The van der Waals surface area contributed by atoms with E-state index in [4.69, 9.17) is 4.74 Å². The molecule has 2 aliphatic rings. The Morgan fingerprint density at radius 2 is 2.11 bits per heavy atom. The molecule has 0 bridgehead atoms. The third-order valence-corrected chi connectivity index (χ3v) is 5.56. The lowest BCUT2D eigenvalue weighted by Crippen LogP contribution is -2.38. The van der Waals surface area contributed by atoms with Gasteiger partial charge in [0.05, 0.1) is 18.7 Å². The van der Waals surface area contributed by atoms with Gasteiger partial charge < -0.3 is 19.9 Å². The number of rotatable bonds is 7. The summed E-state index contributed by atoms with van der Waals surface area (Å²) in [6.07, 6.45) is 3.81. The molecule has 27 heavy (non-hydrogen) atoms. The van der Waals surface area contributed by atoms with E-state index in [1.54, 1.807) is 12.0 Å². The highest BCUT2D eigenvalue weighted by Gasteiger charge is 2.36. The predicted octanol–water partition coefficient (Wildman–Crippen LogP) is 2.29. The molecular weight excluding hydrogens is 342 g/mol. The van der Waals surface area contributed by atoms with Gasteiger partial charge in [0.25, 0.3) is 0 Å². The molecule has 2 heterocycles. The van der Waals surface area contributed by atoms with Gasteiger partial charge in [0.2, 0.25) is 11.8 Å². The van der Waals surface area contributed by atoms with E-state index >= 15 is 0 Å². The van der Waals surface area contributed by atoms with Crippen LogP contribution in [0.1, 0.15) is 32.6 Å². The maximum atomic E-state index is 12.5. The fraction of sp³-hybridized carbons (Fsp3) is 0.619. The predicted molar refractivity (Wildman–Crippen MR) is 106 cm³/mol. The Hall–Kier alpha value is -2.08. The summed E-state index contributed by atoms with van der Waals surface area (Å²) in [6, 6.07) is 7.43. The van der Waals surface area contributed by atoms with E-state index in [-0.39, 0.29) is 24.2 Å². The van der Waals surface area contributed by atoms with Crippen molar-refractivity contribution in [2.24, 2.45) is 11.8 Å². The zero-order valence-electron chi connectivity index (χ0n) is 16.4. The molecule has 0 spiro atoms. The van der Waals surface area contributed by atoms with Crippen LogP contribution in [0, 0.1) is 11.8 Å². The number of para-hydroxylation sites is 2. The molecule has 1 aromatic carbocycles. The van der Waals surface area contributed by atoms with Crippen molar-refractivity contribution >= 4 is 17.5 Å². The maximum Gasteiger partial charge on any atom is 0.227 e. The molecule has 0 saturated carbocycles. The molecule has 0 aliphatic carbocycles. The van der Waals surface area contributed by atoms with Gasteiger partial charge in [0.15, 0.2) is 0 Å². The van der Waals surface area contributed by atoms with Gasteiger partial charge >= 0.3 is 0 Å². The third-order valence-electron chi connectivity index (χ3n) is 5.56. The summed E-state index contributed by atoms with van der Waals surface area (Å²) in [5.41, 5.74) is 0.736. The van der Waals surface area contributed by atoms with E-state index < -0.39 is 0 Å². The first-order valence-corrected chi connectivity index (χ1v) is 10.0. The van der Waals surface area contributed by atoms with Crippen molar-refractivity contribution in [2.75, 3.05) is 44.7 Å². The molecule has 0 radical (unpaired) electrons. The summed E-state index contributed by atoms with van der Waals surface area (Å²) < 4.78 is 5.35. The first-order chi connectivity index (χ1) is 13.1. The van der Waals surface area contributed by atoms with Crippen molar-refractivity contribution in [1.82, 2.24) is 10.2 Å².